The van der Waals surface area contributed by atoms with E-state index >= 15 is 0 Å². The van der Waals surface area contributed by atoms with Gasteiger partial charge >= 0.3 is 0 Å². The Bertz CT molecular complexity index is 640. The second kappa shape index (κ2) is 5.51. The van der Waals surface area contributed by atoms with Gasteiger partial charge in [-0.25, -0.2) is 0 Å². The lowest BCUT2D eigenvalue weighted by Crippen LogP contribution is -2.19. The number of hydrogen-bond donors (Lipinski definition) is 1. The molecule has 1 N–H and O–H groups in total. The lowest BCUT2D eigenvalue weighted by molar-refractivity contribution is 0.399. The van der Waals surface area contributed by atoms with Crippen molar-refractivity contribution in [3.8, 4) is 5.75 Å². The summed E-state index contributed by atoms with van der Waals surface area (Å²) in [7, 11) is 0. The molecule has 1 heteroatoms. The zero-order valence-corrected chi connectivity index (χ0v) is 16.0. The number of rotatable bonds is 2. The van der Waals surface area contributed by atoms with Gasteiger partial charge in [-0.15, -0.1) is 0 Å². The standard InChI is InChI=1S/C23H34O/c1-22(2)14-23(3,4)20-18(22)13-17(15-9-5-6-10-15)21(24)19(20)16-11-7-8-12-16/h13,15-16,24H,5-12,14H2,1-4H3. The minimum Gasteiger partial charge on any atom is -0.507 e. The Morgan fingerprint density at radius 2 is 1.38 bits per heavy atom. The Morgan fingerprint density at radius 3 is 1.96 bits per heavy atom. The maximum absolute atomic E-state index is 11.4. The van der Waals surface area contributed by atoms with Gasteiger partial charge in [0.1, 0.15) is 5.75 Å². The molecule has 0 saturated heterocycles. The van der Waals surface area contributed by atoms with Gasteiger partial charge in [-0.1, -0.05) is 59.4 Å². The van der Waals surface area contributed by atoms with E-state index in [1.807, 2.05) is 0 Å². The predicted octanol–water partition coefficient (Wildman–Crippen LogP) is 6.67. The summed E-state index contributed by atoms with van der Waals surface area (Å²) < 4.78 is 0. The Balaban J connectivity index is 1.96. The molecule has 3 aliphatic rings. The molecule has 0 aromatic heterocycles. The number of benzene rings is 1. The van der Waals surface area contributed by atoms with Crippen molar-refractivity contribution in [2.45, 2.75) is 108 Å². The molecule has 0 aliphatic heterocycles. The van der Waals surface area contributed by atoms with Gasteiger partial charge in [-0.3, -0.25) is 0 Å². The molecule has 1 nitrogen and oxygen atoms in total. The fourth-order valence-electron chi connectivity index (χ4n) is 6.43. The first-order valence-corrected chi connectivity index (χ1v) is 10.2. The van der Waals surface area contributed by atoms with Gasteiger partial charge in [-0.05, 0) is 71.5 Å². The topological polar surface area (TPSA) is 20.2 Å². The number of phenols is 1. The largest absolute Gasteiger partial charge is 0.507 e. The molecule has 0 spiro atoms. The van der Waals surface area contributed by atoms with Crippen molar-refractivity contribution >= 4 is 0 Å². The lowest BCUT2D eigenvalue weighted by Gasteiger charge is -2.28. The van der Waals surface area contributed by atoms with E-state index in [4.69, 9.17) is 0 Å². The van der Waals surface area contributed by atoms with Crippen LogP contribution in [0.15, 0.2) is 6.07 Å². The summed E-state index contributed by atoms with van der Waals surface area (Å²) in [5.74, 6) is 1.88. The number of phenolic OH excluding ortho intramolecular Hbond substituents is 1. The van der Waals surface area contributed by atoms with Gasteiger partial charge in [-0.2, -0.15) is 0 Å². The Kier molecular flexibility index (Phi) is 3.79. The van der Waals surface area contributed by atoms with Gasteiger partial charge in [0.2, 0.25) is 0 Å². The first-order valence-electron chi connectivity index (χ1n) is 10.2. The minimum atomic E-state index is 0.183. The molecule has 1 aromatic carbocycles. The number of hydrogen-bond acceptors (Lipinski definition) is 1. The predicted molar refractivity (Wildman–Crippen MR) is 101 cm³/mol. The van der Waals surface area contributed by atoms with Crippen molar-refractivity contribution in [2.75, 3.05) is 0 Å². The summed E-state index contributed by atoms with van der Waals surface area (Å²) in [4.78, 5) is 0. The summed E-state index contributed by atoms with van der Waals surface area (Å²) in [5, 5.41) is 11.4. The van der Waals surface area contributed by atoms with Crippen LogP contribution in [-0.4, -0.2) is 5.11 Å². The highest BCUT2D eigenvalue weighted by Crippen LogP contribution is 2.57. The summed E-state index contributed by atoms with van der Waals surface area (Å²) in [6, 6.07) is 2.42. The molecular formula is C23H34O. The summed E-state index contributed by atoms with van der Waals surface area (Å²) >= 11 is 0. The number of fused-ring (bicyclic) bond motifs is 1. The molecule has 3 aliphatic carbocycles. The minimum absolute atomic E-state index is 0.183. The average molecular weight is 327 g/mol. The molecular weight excluding hydrogens is 292 g/mol. The molecule has 24 heavy (non-hydrogen) atoms. The molecule has 0 atom stereocenters. The maximum atomic E-state index is 11.4. The Hall–Kier alpha value is -0.980. The van der Waals surface area contributed by atoms with Crippen LogP contribution in [0.1, 0.15) is 120 Å². The zero-order valence-electron chi connectivity index (χ0n) is 16.0. The third-order valence-corrected chi connectivity index (χ3v) is 7.22. The van der Waals surface area contributed by atoms with Crippen LogP contribution in [0.4, 0.5) is 0 Å². The fraction of sp³-hybridized carbons (Fsp3) is 0.739. The van der Waals surface area contributed by atoms with E-state index in [0.717, 1.165) is 0 Å². The summed E-state index contributed by atoms with van der Waals surface area (Å²) in [6.07, 6.45) is 11.6. The van der Waals surface area contributed by atoms with Crippen LogP contribution in [0.25, 0.3) is 0 Å². The Morgan fingerprint density at radius 1 is 0.833 bits per heavy atom. The second-order valence-electron chi connectivity index (χ2n) is 10.1. The van der Waals surface area contributed by atoms with Crippen molar-refractivity contribution in [2.24, 2.45) is 0 Å². The first-order chi connectivity index (χ1) is 11.3. The number of aromatic hydroxyl groups is 1. The molecule has 0 unspecified atom stereocenters. The summed E-state index contributed by atoms with van der Waals surface area (Å²) in [6.45, 7) is 9.62. The molecule has 0 bridgehead atoms. The van der Waals surface area contributed by atoms with Crippen LogP contribution in [0.2, 0.25) is 0 Å². The quantitative estimate of drug-likeness (QED) is 0.643. The smallest absolute Gasteiger partial charge is 0.122 e. The lowest BCUT2D eigenvalue weighted by atomic mass is 9.77. The van der Waals surface area contributed by atoms with Crippen LogP contribution < -0.4 is 0 Å². The van der Waals surface area contributed by atoms with E-state index in [9.17, 15) is 5.11 Å². The maximum Gasteiger partial charge on any atom is 0.122 e. The molecule has 0 radical (unpaired) electrons. The van der Waals surface area contributed by atoms with E-state index in [1.165, 1.54) is 74.5 Å². The van der Waals surface area contributed by atoms with Crippen molar-refractivity contribution in [3.05, 3.63) is 28.3 Å². The first kappa shape index (κ1) is 16.5. The highest BCUT2D eigenvalue weighted by molar-refractivity contribution is 5.60. The monoisotopic (exact) mass is 326 g/mol. The third kappa shape index (κ3) is 2.42. The van der Waals surface area contributed by atoms with Gasteiger partial charge in [0.25, 0.3) is 0 Å². The fourth-order valence-corrected chi connectivity index (χ4v) is 6.43. The van der Waals surface area contributed by atoms with Gasteiger partial charge in [0, 0.05) is 5.56 Å². The van der Waals surface area contributed by atoms with Crippen LogP contribution in [-0.2, 0) is 10.8 Å². The van der Waals surface area contributed by atoms with Crippen LogP contribution >= 0.6 is 0 Å². The van der Waals surface area contributed by atoms with E-state index in [0.29, 0.717) is 17.6 Å². The van der Waals surface area contributed by atoms with Gasteiger partial charge in [0.05, 0.1) is 0 Å². The average Bonchev–Trinajstić information content (AvgIpc) is 3.20. The van der Waals surface area contributed by atoms with Gasteiger partial charge in [0.15, 0.2) is 0 Å². The van der Waals surface area contributed by atoms with Gasteiger partial charge < -0.3 is 5.11 Å². The SMILES string of the molecule is CC1(C)CC(C)(C)c2c1cc(C1CCCC1)c(O)c2C1CCCC1. The highest BCUT2D eigenvalue weighted by Gasteiger charge is 2.46. The molecule has 2 saturated carbocycles. The van der Waals surface area contributed by atoms with E-state index in [1.54, 1.807) is 5.56 Å². The van der Waals surface area contributed by atoms with Crippen molar-refractivity contribution in [1.29, 1.82) is 0 Å². The third-order valence-electron chi connectivity index (χ3n) is 7.22. The second-order valence-corrected chi connectivity index (χ2v) is 10.1. The van der Waals surface area contributed by atoms with Crippen molar-refractivity contribution in [3.63, 3.8) is 0 Å². The van der Waals surface area contributed by atoms with Crippen LogP contribution in [0.5, 0.6) is 5.75 Å². The van der Waals surface area contributed by atoms with E-state index in [2.05, 4.69) is 33.8 Å². The molecule has 132 valence electrons. The molecule has 0 amide bonds. The van der Waals surface area contributed by atoms with Crippen molar-refractivity contribution < 1.29 is 5.11 Å². The molecule has 2 fully saturated rings. The zero-order chi connectivity index (χ0) is 17.1. The highest BCUT2D eigenvalue weighted by atomic mass is 16.3. The Labute approximate surface area is 147 Å². The van der Waals surface area contributed by atoms with Crippen LogP contribution in [0, 0.1) is 0 Å². The van der Waals surface area contributed by atoms with Crippen molar-refractivity contribution in [1.82, 2.24) is 0 Å². The van der Waals surface area contributed by atoms with E-state index in [-0.39, 0.29) is 10.8 Å². The van der Waals surface area contributed by atoms with E-state index < -0.39 is 0 Å². The summed E-state index contributed by atoms with van der Waals surface area (Å²) in [5.41, 5.74) is 6.13. The molecule has 1 aromatic rings. The normalized spacial score (nSPS) is 26.2. The molecule has 0 heterocycles. The molecule has 4 rings (SSSR count). The van der Waals surface area contributed by atoms with Crippen LogP contribution in [0.3, 0.4) is 0 Å².